The maximum absolute atomic E-state index is 10.0. The number of nitrogen functional groups attached to an aromatic ring is 1. The van der Waals surface area contributed by atoms with Crippen LogP contribution in [0.5, 0.6) is 0 Å². The molecule has 0 aromatic carbocycles. The van der Waals surface area contributed by atoms with Crippen molar-refractivity contribution in [3.8, 4) is 0 Å². The minimum atomic E-state index is -1.18. The van der Waals surface area contributed by atoms with Crippen molar-refractivity contribution >= 4 is 17.0 Å². The predicted molar refractivity (Wildman–Crippen MR) is 66.1 cm³/mol. The van der Waals surface area contributed by atoms with E-state index < -0.39 is 24.5 Å². The number of fused-ring (bicyclic) bond motifs is 1. The molecular formula is C11H16N5O4+. The first-order valence-electron chi connectivity index (χ1n) is 6.13. The first-order chi connectivity index (χ1) is 9.54. The van der Waals surface area contributed by atoms with Gasteiger partial charge in [0.05, 0.1) is 13.7 Å². The van der Waals surface area contributed by atoms with Crippen molar-refractivity contribution in [2.75, 3.05) is 12.3 Å². The Morgan fingerprint density at radius 3 is 2.80 bits per heavy atom. The molecule has 1 aliphatic heterocycles. The molecule has 2 aromatic heterocycles. The smallest absolute Gasteiger partial charge is 0.250 e. The van der Waals surface area contributed by atoms with Gasteiger partial charge in [-0.1, -0.05) is 4.98 Å². The van der Waals surface area contributed by atoms with Crippen LogP contribution in [0.3, 0.4) is 0 Å². The van der Waals surface area contributed by atoms with E-state index in [4.69, 9.17) is 15.6 Å². The van der Waals surface area contributed by atoms with E-state index in [-0.39, 0.29) is 6.61 Å². The van der Waals surface area contributed by atoms with Gasteiger partial charge in [-0.25, -0.2) is 9.55 Å². The minimum absolute atomic E-state index is 0.383. The summed E-state index contributed by atoms with van der Waals surface area (Å²) in [6.45, 7) is -0.383. The summed E-state index contributed by atoms with van der Waals surface area (Å²) < 4.78 is 8.56. The molecule has 1 fully saturated rings. The number of anilines is 1. The number of imidazole rings is 1. The van der Waals surface area contributed by atoms with Gasteiger partial charge in [-0.3, -0.25) is 4.57 Å². The number of aromatic nitrogens is 4. The fraction of sp³-hybridized carbons (Fsp3) is 0.545. The molecule has 0 aliphatic carbocycles. The lowest BCUT2D eigenvalue weighted by molar-refractivity contribution is -0.658. The van der Waals surface area contributed by atoms with Gasteiger partial charge < -0.3 is 25.8 Å². The van der Waals surface area contributed by atoms with Crippen LogP contribution in [0, 0.1) is 0 Å². The molecule has 1 saturated heterocycles. The molecule has 5 N–H and O–H groups in total. The van der Waals surface area contributed by atoms with Crippen LogP contribution in [-0.2, 0) is 11.8 Å². The van der Waals surface area contributed by atoms with Crippen molar-refractivity contribution in [3.63, 3.8) is 0 Å². The van der Waals surface area contributed by atoms with Crippen molar-refractivity contribution in [3.05, 3.63) is 12.7 Å². The molecule has 20 heavy (non-hydrogen) atoms. The van der Waals surface area contributed by atoms with E-state index in [1.165, 1.54) is 17.2 Å². The van der Waals surface area contributed by atoms with Crippen LogP contribution in [0.15, 0.2) is 12.7 Å². The Hall–Kier alpha value is -1.81. The van der Waals surface area contributed by atoms with E-state index >= 15 is 0 Å². The lowest BCUT2D eigenvalue weighted by atomic mass is 10.1. The molecule has 0 radical (unpaired) electrons. The number of aryl methyl sites for hydroxylation is 1. The third-order valence-electron chi connectivity index (χ3n) is 3.53. The summed E-state index contributed by atoms with van der Waals surface area (Å²) in [4.78, 5) is 8.36. The predicted octanol–water partition coefficient (Wildman–Crippen LogP) is -2.55. The molecule has 0 bridgehead atoms. The molecule has 1 aliphatic rings. The second-order valence-corrected chi connectivity index (χ2v) is 4.79. The monoisotopic (exact) mass is 282 g/mol. The SMILES string of the molecule is C[n+]1cnc2c(ncn2[C@@H]2O[C@H](CO)[C@@H](O)[C@H]2O)c1N. The van der Waals surface area contributed by atoms with E-state index in [0.717, 1.165) is 0 Å². The summed E-state index contributed by atoms with van der Waals surface area (Å²) in [7, 11) is 1.74. The van der Waals surface area contributed by atoms with Crippen LogP contribution in [0.2, 0.25) is 0 Å². The van der Waals surface area contributed by atoms with Crippen LogP contribution in [0.4, 0.5) is 5.82 Å². The van der Waals surface area contributed by atoms with Gasteiger partial charge in [0.2, 0.25) is 12.0 Å². The van der Waals surface area contributed by atoms with Crippen molar-refractivity contribution in [2.45, 2.75) is 24.5 Å². The van der Waals surface area contributed by atoms with Crippen molar-refractivity contribution in [1.82, 2.24) is 14.5 Å². The molecule has 2 aromatic rings. The highest BCUT2D eigenvalue weighted by atomic mass is 16.6. The summed E-state index contributed by atoms with van der Waals surface area (Å²) >= 11 is 0. The zero-order chi connectivity index (χ0) is 14.4. The highest BCUT2D eigenvalue weighted by molar-refractivity contribution is 5.79. The summed E-state index contributed by atoms with van der Waals surface area (Å²) in [5.74, 6) is 0.431. The third-order valence-corrected chi connectivity index (χ3v) is 3.53. The molecule has 0 saturated carbocycles. The molecule has 0 spiro atoms. The number of nitrogens with two attached hydrogens (primary N) is 1. The number of aliphatic hydroxyl groups is 3. The number of rotatable bonds is 2. The van der Waals surface area contributed by atoms with Gasteiger partial charge >= 0.3 is 0 Å². The quantitative estimate of drug-likeness (QED) is 0.446. The Morgan fingerprint density at radius 1 is 1.40 bits per heavy atom. The van der Waals surface area contributed by atoms with Gasteiger partial charge in [-0.15, -0.1) is 0 Å². The standard InChI is InChI=1S/C11H15N5O4/c1-15-3-14-10-6(9(15)12)13-4-16(10)11-8(19)7(18)5(2-17)20-11/h3-5,7-8,11-12,17-19H,2H2,1H3/p+1/t5-,7-,8-,11-/m1/s1. The highest BCUT2D eigenvalue weighted by Gasteiger charge is 2.44. The fourth-order valence-corrected chi connectivity index (χ4v) is 2.33. The van der Waals surface area contributed by atoms with Crippen molar-refractivity contribution < 1.29 is 24.6 Å². The van der Waals surface area contributed by atoms with Gasteiger partial charge in [-0.2, -0.15) is 0 Å². The molecule has 3 rings (SSSR count). The van der Waals surface area contributed by atoms with Crippen LogP contribution in [0.1, 0.15) is 6.23 Å². The Balaban J connectivity index is 2.05. The van der Waals surface area contributed by atoms with E-state index in [0.29, 0.717) is 17.0 Å². The van der Waals surface area contributed by atoms with E-state index in [9.17, 15) is 10.2 Å². The molecule has 4 atom stereocenters. The van der Waals surface area contributed by atoms with E-state index in [1.54, 1.807) is 11.6 Å². The van der Waals surface area contributed by atoms with Gasteiger partial charge in [0.1, 0.15) is 24.6 Å². The Morgan fingerprint density at radius 2 is 2.15 bits per heavy atom. The van der Waals surface area contributed by atoms with Crippen LogP contribution in [0.25, 0.3) is 11.2 Å². The van der Waals surface area contributed by atoms with Crippen LogP contribution < -0.4 is 10.3 Å². The zero-order valence-corrected chi connectivity index (χ0v) is 10.8. The fourth-order valence-electron chi connectivity index (χ4n) is 2.33. The summed E-state index contributed by atoms with van der Waals surface area (Å²) in [6, 6.07) is 0. The average Bonchev–Trinajstić information content (AvgIpc) is 2.98. The summed E-state index contributed by atoms with van der Waals surface area (Å²) in [5, 5.41) is 28.9. The average molecular weight is 282 g/mol. The number of ether oxygens (including phenoxy) is 1. The molecule has 0 amide bonds. The molecular weight excluding hydrogens is 266 g/mol. The van der Waals surface area contributed by atoms with E-state index in [1.807, 2.05) is 0 Å². The van der Waals surface area contributed by atoms with Crippen LogP contribution in [-0.4, -0.2) is 54.8 Å². The Bertz CT molecular complexity index is 645. The zero-order valence-electron chi connectivity index (χ0n) is 10.8. The van der Waals surface area contributed by atoms with Gasteiger partial charge in [0, 0.05) is 0 Å². The van der Waals surface area contributed by atoms with Crippen LogP contribution >= 0.6 is 0 Å². The lowest BCUT2D eigenvalue weighted by Gasteiger charge is -2.15. The maximum Gasteiger partial charge on any atom is 0.250 e. The third kappa shape index (κ3) is 1.75. The number of hydrogen-bond acceptors (Lipinski definition) is 7. The number of aliphatic hydroxyl groups excluding tert-OH is 3. The van der Waals surface area contributed by atoms with Crippen molar-refractivity contribution in [2.24, 2.45) is 7.05 Å². The lowest BCUT2D eigenvalue weighted by Crippen LogP contribution is -2.34. The number of hydrogen-bond donors (Lipinski definition) is 4. The Labute approximate surface area is 113 Å². The van der Waals surface area contributed by atoms with Gasteiger partial charge in [0.25, 0.3) is 5.82 Å². The van der Waals surface area contributed by atoms with Gasteiger partial charge in [-0.05, 0) is 0 Å². The molecule has 9 heteroatoms. The largest absolute Gasteiger partial charge is 0.394 e. The van der Waals surface area contributed by atoms with E-state index in [2.05, 4.69) is 9.97 Å². The molecule has 0 unspecified atom stereocenters. The second kappa shape index (κ2) is 4.63. The second-order valence-electron chi connectivity index (χ2n) is 4.79. The minimum Gasteiger partial charge on any atom is -0.394 e. The molecule has 3 heterocycles. The summed E-state index contributed by atoms with van der Waals surface area (Å²) in [6.07, 6.45) is -1.09. The highest BCUT2D eigenvalue weighted by Crippen LogP contribution is 2.31. The maximum atomic E-state index is 10.0. The first kappa shape index (κ1) is 13.2. The molecule has 9 nitrogen and oxygen atoms in total. The number of nitrogens with zero attached hydrogens (tertiary/aromatic N) is 4. The molecule has 108 valence electrons. The first-order valence-corrected chi connectivity index (χ1v) is 6.13. The van der Waals surface area contributed by atoms with Crippen molar-refractivity contribution in [1.29, 1.82) is 0 Å². The topological polar surface area (TPSA) is 131 Å². The normalized spacial score (nSPS) is 30.2. The Kier molecular flexibility index (Phi) is 3.05. The summed E-state index contributed by atoms with van der Waals surface area (Å²) in [5.41, 5.74) is 6.82. The van der Waals surface area contributed by atoms with Gasteiger partial charge in [0.15, 0.2) is 11.7 Å².